The number of ketones is 1. The van der Waals surface area contributed by atoms with Gasteiger partial charge in [-0.05, 0) is 105 Å². The van der Waals surface area contributed by atoms with Crippen molar-refractivity contribution in [3.05, 3.63) is 53.5 Å². The van der Waals surface area contributed by atoms with Gasteiger partial charge >= 0.3 is 5.97 Å². The fourth-order valence-corrected chi connectivity index (χ4v) is 11.1. The number of nitrogens with zero attached hydrogens (tertiary/aromatic N) is 1. The second-order valence-corrected chi connectivity index (χ2v) is 14.8. The van der Waals surface area contributed by atoms with Crippen LogP contribution in [0.5, 0.6) is 0 Å². The van der Waals surface area contributed by atoms with E-state index in [1.807, 2.05) is 6.92 Å². The van der Waals surface area contributed by atoms with Crippen LogP contribution in [0.1, 0.15) is 65.7 Å². The summed E-state index contributed by atoms with van der Waals surface area (Å²) in [5.41, 5.74) is 6.37. The number of ether oxygens (including phenoxy) is 2. The number of Topliss-reactive ketones (excluding diaryl/α,β-unsaturated/α-hetero) is 1. The van der Waals surface area contributed by atoms with Gasteiger partial charge in [-0.25, -0.2) is 14.2 Å². The lowest BCUT2D eigenvalue weighted by Crippen LogP contribution is -2.62. The van der Waals surface area contributed by atoms with Crippen LogP contribution in [0, 0.1) is 33.4 Å². The number of methoxy groups -OCH3 is 1. The topological polar surface area (TPSA) is 128 Å². The van der Waals surface area contributed by atoms with Crippen LogP contribution in [0.3, 0.4) is 0 Å². The van der Waals surface area contributed by atoms with Gasteiger partial charge in [0.2, 0.25) is 5.12 Å². The number of nitrogens with two attached hydrogens (primary N) is 1. The van der Waals surface area contributed by atoms with Crippen LogP contribution in [0.25, 0.3) is 0 Å². The number of hydrogen-bond donors (Lipinski definition) is 2. The first-order valence-corrected chi connectivity index (χ1v) is 16.3. The summed E-state index contributed by atoms with van der Waals surface area (Å²) < 4.78 is 24.7. The predicted molar refractivity (Wildman–Crippen MR) is 166 cm³/mol. The van der Waals surface area contributed by atoms with Crippen molar-refractivity contribution in [1.82, 2.24) is 0 Å². The van der Waals surface area contributed by atoms with E-state index in [0.29, 0.717) is 31.4 Å². The minimum atomic E-state index is -1.46. The summed E-state index contributed by atoms with van der Waals surface area (Å²) in [4.78, 5) is 43.5. The first kappa shape index (κ1) is 31.2. The molecule has 0 saturated heterocycles. The Morgan fingerprint density at radius 3 is 2.59 bits per heavy atom. The number of carbonyl (C=O) groups excluding carboxylic acids is 3. The third-order valence-electron chi connectivity index (χ3n) is 12.0. The van der Waals surface area contributed by atoms with E-state index in [1.54, 1.807) is 18.3 Å². The van der Waals surface area contributed by atoms with Crippen LogP contribution in [0.2, 0.25) is 0 Å². The summed E-state index contributed by atoms with van der Waals surface area (Å²) in [6.07, 6.45) is 7.35. The van der Waals surface area contributed by atoms with E-state index in [1.165, 1.54) is 31.7 Å². The Morgan fingerprint density at radius 2 is 1.93 bits per heavy atom. The molecule has 7 atom stereocenters. The molecule has 3 N–H and O–H groups in total. The summed E-state index contributed by atoms with van der Waals surface area (Å²) in [6.45, 7) is 5.39. The monoisotopic (exact) mass is 624 g/mol. The summed E-state index contributed by atoms with van der Waals surface area (Å²) in [6, 6.07) is 6.05. The summed E-state index contributed by atoms with van der Waals surface area (Å²) >= 11 is 0.906. The molecule has 1 aromatic carbocycles. The fraction of sp³-hybridized carbons (Fsp3) is 0.588. The van der Waals surface area contributed by atoms with Crippen molar-refractivity contribution in [2.24, 2.45) is 38.3 Å². The molecule has 4 fully saturated rings. The zero-order valence-corrected chi connectivity index (χ0v) is 26.6. The number of esters is 1. The maximum Gasteiger partial charge on any atom is 0.333 e. The number of allylic oxidation sites excluding steroid dienone is 3. The van der Waals surface area contributed by atoms with Crippen LogP contribution >= 0.6 is 11.8 Å². The Bertz CT molecular complexity index is 1510. The normalized spacial score (nSPS) is 40.4. The molecule has 44 heavy (non-hydrogen) atoms. The zero-order chi connectivity index (χ0) is 31.7. The average molecular weight is 625 g/mol. The number of rotatable bonds is 7. The second kappa shape index (κ2) is 10.6. The highest BCUT2D eigenvalue weighted by Gasteiger charge is 2.88. The van der Waals surface area contributed by atoms with Gasteiger partial charge in [0.1, 0.15) is 18.2 Å². The highest BCUT2D eigenvalue weighted by atomic mass is 32.2. The predicted octanol–water partition coefficient (Wildman–Crippen LogP) is 5.21. The molecule has 0 spiro atoms. The third kappa shape index (κ3) is 4.16. The summed E-state index contributed by atoms with van der Waals surface area (Å²) in [5.74, 6) is -1.04. The van der Waals surface area contributed by atoms with E-state index >= 15 is 0 Å². The van der Waals surface area contributed by atoms with E-state index in [0.717, 1.165) is 42.3 Å². The van der Waals surface area contributed by atoms with Crippen molar-refractivity contribution in [3.63, 3.8) is 0 Å². The van der Waals surface area contributed by atoms with Crippen LogP contribution in [-0.4, -0.2) is 58.9 Å². The number of benzene rings is 1. The van der Waals surface area contributed by atoms with E-state index in [2.05, 4.69) is 13.0 Å². The Morgan fingerprint density at radius 1 is 1.20 bits per heavy atom. The van der Waals surface area contributed by atoms with E-state index < -0.39 is 28.5 Å². The quantitative estimate of drug-likeness (QED) is 0.396. The smallest absolute Gasteiger partial charge is 0.333 e. The number of fused-ring (bicyclic) bond motifs is 2. The van der Waals surface area contributed by atoms with Crippen molar-refractivity contribution in [1.29, 1.82) is 0 Å². The SMILES string of the molecule is COCC(=O)O[C@]1(C(=O)SCC(C)=O)CCC2C34CCC5=CC(=Nc6ccc(F)cc6)C(=CN)C[C@]5(C)C3(C4)[C@@H](O)C[C@@]21C. The molecule has 10 heteroatoms. The molecular weight excluding hydrogens is 583 g/mol. The Balaban J connectivity index is 1.39. The Hall–Kier alpha value is -2.82. The summed E-state index contributed by atoms with van der Waals surface area (Å²) in [5, 5.41) is 12.0. The molecule has 0 amide bonds. The number of carbonyl (C=O) groups is 3. The molecule has 0 bridgehead atoms. The van der Waals surface area contributed by atoms with E-state index in [4.69, 9.17) is 20.2 Å². The second-order valence-electron chi connectivity index (χ2n) is 13.9. The van der Waals surface area contributed by atoms with Crippen LogP contribution < -0.4 is 5.73 Å². The van der Waals surface area contributed by atoms with Gasteiger partial charge in [-0.2, -0.15) is 0 Å². The van der Waals surface area contributed by atoms with Crippen molar-refractivity contribution in [2.75, 3.05) is 19.5 Å². The van der Waals surface area contributed by atoms with Gasteiger partial charge in [0.25, 0.3) is 0 Å². The molecule has 8 nitrogen and oxygen atoms in total. The van der Waals surface area contributed by atoms with Crippen LogP contribution in [-0.2, 0) is 23.9 Å². The zero-order valence-electron chi connectivity index (χ0n) is 25.8. The van der Waals surface area contributed by atoms with Gasteiger partial charge in [-0.15, -0.1) is 0 Å². The Kier molecular flexibility index (Phi) is 7.53. The largest absolute Gasteiger partial charge is 0.448 e. The highest BCUT2D eigenvalue weighted by Crippen LogP contribution is 2.90. The van der Waals surface area contributed by atoms with Crippen molar-refractivity contribution in [3.8, 4) is 0 Å². The van der Waals surface area contributed by atoms with Crippen molar-refractivity contribution in [2.45, 2.75) is 77.4 Å². The lowest BCUT2D eigenvalue weighted by atomic mass is 9.45. The van der Waals surface area contributed by atoms with Gasteiger partial charge in [0, 0.05) is 23.4 Å². The number of aliphatic hydroxyl groups is 1. The molecule has 5 aliphatic carbocycles. The number of halogens is 1. The van der Waals surface area contributed by atoms with Gasteiger partial charge in [-0.1, -0.05) is 31.2 Å². The maximum atomic E-state index is 14.0. The van der Waals surface area contributed by atoms with E-state index in [9.17, 15) is 23.9 Å². The van der Waals surface area contributed by atoms with E-state index in [-0.39, 0.29) is 45.8 Å². The number of aliphatic hydroxyl groups excluding tert-OH is 1. The highest BCUT2D eigenvalue weighted by molar-refractivity contribution is 8.14. The first-order chi connectivity index (χ1) is 20.8. The molecule has 0 aromatic heterocycles. The number of aliphatic imine (C=N–C) groups is 1. The molecule has 3 unspecified atom stereocenters. The van der Waals surface area contributed by atoms with Gasteiger partial charge < -0.3 is 20.3 Å². The molecule has 0 heterocycles. The van der Waals surface area contributed by atoms with Crippen molar-refractivity contribution < 1.29 is 33.4 Å². The standard InChI is InChI=1S/C34H41FN2O6S/c1-20(38)18-44-29(41)34(43-28(40)17-42-4)12-10-26-31(34,3)15-27(39)33-19-32(26,33)11-9-22-13-25(21(16-36)14-30(22,33)2)37-24-7-5-23(35)6-8-24/h5-8,13,16,26-27,39H,9-12,14-15,17-19,36H2,1-4H3/t26?,27-,30-,31-,32?,33?,34-/m0/s1. The summed E-state index contributed by atoms with van der Waals surface area (Å²) in [7, 11) is 1.40. The molecule has 0 aliphatic heterocycles. The molecule has 6 rings (SSSR count). The first-order valence-electron chi connectivity index (χ1n) is 15.3. The maximum absolute atomic E-state index is 14.0. The van der Waals surface area contributed by atoms with Crippen molar-refractivity contribution >= 4 is 40.0 Å². The fourth-order valence-electron chi connectivity index (χ4n) is 10.2. The van der Waals surface area contributed by atoms with Gasteiger partial charge in [-0.3, -0.25) is 9.59 Å². The minimum Gasteiger partial charge on any atom is -0.448 e. The molecule has 236 valence electrons. The average Bonchev–Trinajstić information content (AvgIpc) is 3.62. The van der Waals surface area contributed by atoms with Crippen LogP contribution in [0.4, 0.5) is 10.1 Å². The number of hydrogen-bond acceptors (Lipinski definition) is 9. The molecule has 4 saturated carbocycles. The number of thioether (sulfide) groups is 1. The lowest BCUT2D eigenvalue weighted by molar-refractivity contribution is -0.198. The van der Waals surface area contributed by atoms with Crippen LogP contribution in [0.15, 0.2) is 52.7 Å². The third-order valence-corrected chi connectivity index (χ3v) is 13.1. The minimum absolute atomic E-state index is 0.00300. The molecule has 0 radical (unpaired) electrons. The Labute approximate surface area is 261 Å². The molecule has 5 aliphatic rings. The molecular formula is C34H41FN2O6S. The van der Waals surface area contributed by atoms with Gasteiger partial charge in [0.15, 0.2) is 5.60 Å². The molecule has 1 aromatic rings. The lowest BCUT2D eigenvalue weighted by Gasteiger charge is -2.60. The van der Waals surface area contributed by atoms with Gasteiger partial charge in [0.05, 0.1) is 23.3 Å².